The summed E-state index contributed by atoms with van der Waals surface area (Å²) in [7, 11) is 0. The van der Waals surface area contributed by atoms with E-state index in [-0.39, 0.29) is 24.1 Å². The summed E-state index contributed by atoms with van der Waals surface area (Å²) in [6.07, 6.45) is 0. The Morgan fingerprint density at radius 1 is 1.23 bits per heavy atom. The van der Waals surface area contributed by atoms with Crippen LogP contribution in [0.25, 0.3) is 15.7 Å². The molecule has 0 aliphatic carbocycles. The number of thiophene rings is 1. The molecule has 7 heteroatoms. The van der Waals surface area contributed by atoms with Crippen LogP contribution in [0.1, 0.15) is 24.4 Å². The number of hydrogen-bond acceptors (Lipinski definition) is 4. The topological polar surface area (TPSA) is 68.4 Å². The number of aryl methyl sites for hydroxylation is 1. The van der Waals surface area contributed by atoms with Gasteiger partial charge in [-0.25, -0.2) is 4.68 Å². The van der Waals surface area contributed by atoms with Gasteiger partial charge in [0.25, 0.3) is 5.56 Å². The molecule has 0 radical (unpaired) electrons. The number of carbonyl (C=O) groups excluding carboxylic acids is 1. The predicted octanol–water partition coefficient (Wildman–Crippen LogP) is 2.90. The molecule has 0 fully saturated rings. The molecule has 0 saturated heterocycles. The van der Waals surface area contributed by atoms with Gasteiger partial charge in [0.15, 0.2) is 0 Å². The summed E-state index contributed by atoms with van der Waals surface area (Å²) in [6.45, 7) is 3.65. The number of fused-ring (bicyclic) bond motifs is 3. The average Bonchev–Trinajstić information content (AvgIpc) is 3.21. The molecule has 4 rings (SSSR count). The van der Waals surface area contributed by atoms with Gasteiger partial charge in [-0.1, -0.05) is 30.3 Å². The van der Waals surface area contributed by atoms with Crippen LogP contribution in [0.5, 0.6) is 0 Å². The number of hydrogen-bond donors (Lipinski definition) is 1. The van der Waals surface area contributed by atoms with Gasteiger partial charge < -0.3 is 5.32 Å². The van der Waals surface area contributed by atoms with Crippen LogP contribution in [0.15, 0.2) is 52.6 Å². The maximum absolute atomic E-state index is 12.7. The van der Waals surface area contributed by atoms with Gasteiger partial charge in [-0.05, 0) is 36.9 Å². The smallest absolute Gasteiger partial charge is 0.291 e. The lowest BCUT2D eigenvalue weighted by atomic mass is 10.1. The summed E-state index contributed by atoms with van der Waals surface area (Å²) in [5.74, 6) is 0.435. The Morgan fingerprint density at radius 3 is 2.77 bits per heavy atom. The quantitative estimate of drug-likeness (QED) is 0.604. The van der Waals surface area contributed by atoms with E-state index in [2.05, 4.69) is 10.4 Å². The van der Waals surface area contributed by atoms with Crippen molar-refractivity contribution >= 4 is 33.0 Å². The average molecular weight is 366 g/mol. The number of benzene rings is 1. The molecule has 1 atom stereocenters. The number of nitrogens with one attached hydrogen (secondary N) is 1. The van der Waals surface area contributed by atoms with Gasteiger partial charge >= 0.3 is 0 Å². The lowest BCUT2D eigenvalue weighted by molar-refractivity contribution is -0.122. The van der Waals surface area contributed by atoms with E-state index in [9.17, 15) is 9.59 Å². The van der Waals surface area contributed by atoms with Crippen LogP contribution in [-0.4, -0.2) is 20.1 Å². The Bertz CT molecular complexity index is 1160. The fourth-order valence-electron chi connectivity index (χ4n) is 3.18. The minimum Gasteiger partial charge on any atom is -0.348 e. The van der Waals surface area contributed by atoms with Crippen LogP contribution in [0.2, 0.25) is 0 Å². The highest BCUT2D eigenvalue weighted by atomic mass is 32.1. The van der Waals surface area contributed by atoms with E-state index in [1.54, 1.807) is 11.3 Å². The second kappa shape index (κ2) is 6.42. The number of rotatable bonds is 4. The van der Waals surface area contributed by atoms with Gasteiger partial charge in [-0.2, -0.15) is 5.10 Å². The van der Waals surface area contributed by atoms with Gasteiger partial charge in [-0.3, -0.25) is 14.0 Å². The van der Waals surface area contributed by atoms with Gasteiger partial charge in [0.05, 0.1) is 16.3 Å². The van der Waals surface area contributed by atoms with Crippen molar-refractivity contribution in [3.8, 4) is 0 Å². The van der Waals surface area contributed by atoms with Crippen molar-refractivity contribution < 1.29 is 4.79 Å². The Balaban J connectivity index is 1.62. The molecular weight excluding hydrogens is 348 g/mol. The molecule has 0 saturated carbocycles. The SMILES string of the molecule is Cc1nn(CC(=O)N[C@@H](C)c2ccccc2)c(=O)c2cc3sccc3n12. The van der Waals surface area contributed by atoms with Crippen molar-refractivity contribution in [3.05, 3.63) is 69.6 Å². The molecule has 4 aromatic rings. The first-order valence-corrected chi connectivity index (χ1v) is 9.23. The Hall–Kier alpha value is -2.93. The van der Waals surface area contributed by atoms with E-state index in [4.69, 9.17) is 0 Å². The molecule has 1 N–H and O–H groups in total. The third-order valence-corrected chi connectivity index (χ3v) is 5.29. The number of nitrogens with zero attached hydrogens (tertiary/aromatic N) is 3. The van der Waals surface area contributed by atoms with Crippen molar-refractivity contribution in [1.82, 2.24) is 19.5 Å². The maximum atomic E-state index is 12.7. The highest BCUT2D eigenvalue weighted by Crippen LogP contribution is 2.24. The van der Waals surface area contributed by atoms with Gasteiger partial charge in [0, 0.05) is 0 Å². The summed E-state index contributed by atoms with van der Waals surface area (Å²) < 4.78 is 4.11. The maximum Gasteiger partial charge on any atom is 0.291 e. The van der Waals surface area contributed by atoms with Gasteiger partial charge in [0.1, 0.15) is 17.9 Å². The van der Waals surface area contributed by atoms with Gasteiger partial charge in [0.2, 0.25) is 5.91 Å². The van der Waals surface area contributed by atoms with Crippen LogP contribution in [0, 0.1) is 6.92 Å². The van der Waals surface area contributed by atoms with E-state index in [1.165, 1.54) is 4.68 Å². The Morgan fingerprint density at radius 2 is 2.00 bits per heavy atom. The molecule has 0 spiro atoms. The molecule has 0 bridgehead atoms. The summed E-state index contributed by atoms with van der Waals surface area (Å²) >= 11 is 1.58. The molecule has 0 aliphatic heterocycles. The van der Waals surface area contributed by atoms with Crippen LogP contribution in [0.4, 0.5) is 0 Å². The molecule has 1 amide bonds. The molecule has 0 aliphatic rings. The van der Waals surface area contributed by atoms with Crippen LogP contribution in [-0.2, 0) is 11.3 Å². The second-order valence-electron chi connectivity index (χ2n) is 6.24. The first-order valence-electron chi connectivity index (χ1n) is 8.35. The molecule has 132 valence electrons. The van der Waals surface area contributed by atoms with Crippen molar-refractivity contribution in [2.75, 3.05) is 0 Å². The normalized spacial score (nSPS) is 12.5. The van der Waals surface area contributed by atoms with E-state index >= 15 is 0 Å². The minimum atomic E-state index is -0.262. The van der Waals surface area contributed by atoms with Crippen molar-refractivity contribution in [2.24, 2.45) is 0 Å². The molecular formula is C19H18N4O2S. The molecule has 26 heavy (non-hydrogen) atoms. The predicted molar refractivity (Wildman–Crippen MR) is 103 cm³/mol. The largest absolute Gasteiger partial charge is 0.348 e. The fraction of sp³-hybridized carbons (Fsp3) is 0.211. The number of aromatic nitrogens is 3. The molecule has 1 aromatic carbocycles. The van der Waals surface area contributed by atoms with E-state index < -0.39 is 0 Å². The number of amides is 1. The highest BCUT2D eigenvalue weighted by molar-refractivity contribution is 7.17. The van der Waals surface area contributed by atoms with Crippen LogP contribution >= 0.6 is 11.3 Å². The molecule has 0 unspecified atom stereocenters. The second-order valence-corrected chi connectivity index (χ2v) is 7.19. The summed E-state index contributed by atoms with van der Waals surface area (Å²) in [5.41, 5.74) is 2.27. The zero-order valence-corrected chi connectivity index (χ0v) is 15.3. The van der Waals surface area contributed by atoms with Gasteiger partial charge in [-0.15, -0.1) is 11.3 Å². The first-order chi connectivity index (χ1) is 12.5. The Labute approximate surface area is 153 Å². The van der Waals surface area contributed by atoms with E-state index in [0.29, 0.717) is 11.3 Å². The fourth-order valence-corrected chi connectivity index (χ4v) is 3.99. The number of carbonyl (C=O) groups is 1. The van der Waals surface area contributed by atoms with Crippen LogP contribution in [0.3, 0.4) is 0 Å². The first kappa shape index (κ1) is 16.5. The minimum absolute atomic E-state index is 0.105. The molecule has 3 heterocycles. The lowest BCUT2D eigenvalue weighted by Gasteiger charge is -2.15. The Kier molecular flexibility index (Phi) is 4.08. The lowest BCUT2D eigenvalue weighted by Crippen LogP contribution is -2.36. The highest BCUT2D eigenvalue weighted by Gasteiger charge is 2.16. The third-order valence-electron chi connectivity index (χ3n) is 4.44. The van der Waals surface area contributed by atoms with E-state index in [0.717, 1.165) is 15.8 Å². The zero-order valence-electron chi connectivity index (χ0n) is 14.5. The van der Waals surface area contributed by atoms with Crippen LogP contribution < -0.4 is 10.9 Å². The summed E-state index contributed by atoms with van der Waals surface area (Å²) in [4.78, 5) is 25.1. The molecule has 3 aromatic heterocycles. The van der Waals surface area contributed by atoms with Crippen molar-refractivity contribution in [3.63, 3.8) is 0 Å². The summed E-state index contributed by atoms with van der Waals surface area (Å²) in [6, 6.07) is 13.4. The monoisotopic (exact) mass is 366 g/mol. The standard InChI is InChI=1S/C19H18N4O2S/c1-12(14-6-4-3-5-7-14)20-18(24)11-22-19(25)16-10-17-15(8-9-26-17)23(16)13(2)21-22/h3-10,12H,11H2,1-2H3,(H,20,24)/t12-/m0/s1. The third kappa shape index (κ3) is 2.80. The summed E-state index contributed by atoms with van der Waals surface area (Å²) in [5, 5.41) is 9.24. The molecule has 6 nitrogen and oxygen atoms in total. The zero-order chi connectivity index (χ0) is 18.3. The van der Waals surface area contributed by atoms with E-state index in [1.807, 2.05) is 66.1 Å². The van der Waals surface area contributed by atoms with Crippen molar-refractivity contribution in [1.29, 1.82) is 0 Å². The van der Waals surface area contributed by atoms with Crippen molar-refractivity contribution in [2.45, 2.75) is 26.4 Å².